The van der Waals surface area contributed by atoms with Crippen molar-refractivity contribution in [1.82, 2.24) is 20.4 Å². The normalized spacial score (nSPS) is 26.3. The van der Waals surface area contributed by atoms with Crippen LogP contribution in [0.5, 0.6) is 0 Å². The van der Waals surface area contributed by atoms with E-state index in [1.807, 2.05) is 18.7 Å². The third kappa shape index (κ3) is 2.81. The number of fused-ring (bicyclic) bond motifs is 1. The number of amides is 2. The van der Waals surface area contributed by atoms with E-state index in [1.54, 1.807) is 7.05 Å². The van der Waals surface area contributed by atoms with Gasteiger partial charge in [-0.2, -0.15) is 5.10 Å². The average molecular weight is 334 g/mol. The predicted octanol–water partition coefficient (Wildman–Crippen LogP) is 0.570. The third-order valence-electron chi connectivity index (χ3n) is 5.61. The average Bonchev–Trinajstić information content (AvgIpc) is 3.13. The second-order valence-electron chi connectivity index (χ2n) is 6.94. The van der Waals surface area contributed by atoms with E-state index < -0.39 is 5.41 Å². The fourth-order valence-corrected chi connectivity index (χ4v) is 4.09. The molecule has 0 spiro atoms. The molecule has 2 aliphatic heterocycles. The van der Waals surface area contributed by atoms with Crippen LogP contribution in [0.1, 0.15) is 29.8 Å². The molecule has 0 aromatic carbocycles. The summed E-state index contributed by atoms with van der Waals surface area (Å²) in [5.74, 6) is 0.229. The van der Waals surface area contributed by atoms with E-state index in [0.717, 1.165) is 17.0 Å². The molecule has 2 atom stereocenters. The molecule has 24 heavy (non-hydrogen) atoms. The molecule has 2 fully saturated rings. The maximum absolute atomic E-state index is 12.7. The van der Waals surface area contributed by atoms with Gasteiger partial charge in [-0.25, -0.2) is 0 Å². The topological polar surface area (TPSA) is 87.3 Å². The van der Waals surface area contributed by atoms with Gasteiger partial charge in [0.05, 0.1) is 17.7 Å². The number of aryl methyl sites for hydroxylation is 2. The van der Waals surface area contributed by atoms with Crippen LogP contribution in [0, 0.1) is 25.2 Å². The van der Waals surface area contributed by atoms with Crippen LogP contribution in [0.25, 0.3) is 0 Å². The lowest BCUT2D eigenvalue weighted by molar-refractivity contribution is -0.139. The van der Waals surface area contributed by atoms with Gasteiger partial charge in [-0.1, -0.05) is 0 Å². The molecule has 7 heteroatoms. The molecular weight excluding hydrogens is 308 g/mol. The summed E-state index contributed by atoms with van der Waals surface area (Å²) >= 11 is 0. The van der Waals surface area contributed by atoms with Gasteiger partial charge in [0.2, 0.25) is 11.8 Å². The quantitative estimate of drug-likeness (QED) is 0.843. The van der Waals surface area contributed by atoms with Crippen molar-refractivity contribution >= 4 is 11.8 Å². The Hall–Kier alpha value is -1.89. The Morgan fingerprint density at radius 3 is 2.92 bits per heavy atom. The summed E-state index contributed by atoms with van der Waals surface area (Å²) in [5.41, 5.74) is 2.60. The summed E-state index contributed by atoms with van der Waals surface area (Å²) in [6.45, 7) is 6.17. The molecule has 0 bridgehead atoms. The van der Waals surface area contributed by atoms with Crippen LogP contribution in [-0.4, -0.2) is 60.3 Å². The highest BCUT2D eigenvalue weighted by molar-refractivity contribution is 5.85. The van der Waals surface area contributed by atoms with Crippen molar-refractivity contribution in [2.75, 3.05) is 33.4 Å². The van der Waals surface area contributed by atoms with Gasteiger partial charge in [-0.05, 0) is 32.3 Å². The number of carbonyl (C=O) groups is 2. The van der Waals surface area contributed by atoms with Crippen LogP contribution < -0.4 is 5.32 Å². The second-order valence-corrected chi connectivity index (χ2v) is 6.94. The van der Waals surface area contributed by atoms with Gasteiger partial charge in [0.25, 0.3) is 0 Å². The standard InChI is InChI=1S/C17H26N4O3/c1-11-14(12(2)20-19-11)4-5-15(22)21-8-13-9-24-7-6-17(13,10-21)16(23)18-3/h13H,4-10H2,1-3H3,(H,18,23)(H,19,20)/t13-,17+/m1/s1. The van der Waals surface area contributed by atoms with Crippen LogP contribution >= 0.6 is 0 Å². The van der Waals surface area contributed by atoms with Gasteiger partial charge in [0.15, 0.2) is 0 Å². The molecule has 2 N–H and O–H groups in total. The van der Waals surface area contributed by atoms with Gasteiger partial charge in [0, 0.05) is 44.8 Å². The largest absolute Gasteiger partial charge is 0.381 e. The molecular formula is C17H26N4O3. The smallest absolute Gasteiger partial charge is 0.228 e. The Bertz CT molecular complexity index is 622. The fraction of sp³-hybridized carbons (Fsp3) is 0.706. The van der Waals surface area contributed by atoms with Gasteiger partial charge < -0.3 is 15.0 Å². The van der Waals surface area contributed by atoms with E-state index in [-0.39, 0.29) is 17.7 Å². The molecule has 1 aromatic heterocycles. The van der Waals surface area contributed by atoms with Crippen molar-refractivity contribution in [3.8, 4) is 0 Å². The van der Waals surface area contributed by atoms with Crippen molar-refractivity contribution in [1.29, 1.82) is 0 Å². The number of hydrogen-bond donors (Lipinski definition) is 2. The van der Waals surface area contributed by atoms with Crippen molar-refractivity contribution in [2.45, 2.75) is 33.1 Å². The minimum absolute atomic E-state index is 0.0348. The first-order valence-electron chi connectivity index (χ1n) is 8.56. The van der Waals surface area contributed by atoms with E-state index in [2.05, 4.69) is 15.5 Å². The Morgan fingerprint density at radius 2 is 2.25 bits per heavy atom. The van der Waals surface area contributed by atoms with E-state index in [1.165, 1.54) is 0 Å². The first-order chi connectivity index (χ1) is 11.5. The maximum Gasteiger partial charge on any atom is 0.228 e. The molecule has 3 heterocycles. The van der Waals surface area contributed by atoms with E-state index >= 15 is 0 Å². The summed E-state index contributed by atoms with van der Waals surface area (Å²) in [6, 6.07) is 0. The number of hydrogen-bond acceptors (Lipinski definition) is 4. The number of nitrogens with one attached hydrogen (secondary N) is 2. The predicted molar refractivity (Wildman–Crippen MR) is 88.4 cm³/mol. The molecule has 3 rings (SSSR count). The third-order valence-corrected chi connectivity index (χ3v) is 5.61. The SMILES string of the molecule is CNC(=O)[C@]12CCOC[C@H]1CN(C(=O)CCc1c(C)n[nH]c1C)C2. The van der Waals surface area contributed by atoms with Crippen LogP contribution in [0.15, 0.2) is 0 Å². The summed E-state index contributed by atoms with van der Waals surface area (Å²) < 4.78 is 5.55. The lowest BCUT2D eigenvalue weighted by Crippen LogP contribution is -2.49. The number of H-pyrrole nitrogens is 1. The van der Waals surface area contributed by atoms with E-state index in [4.69, 9.17) is 4.74 Å². The Balaban J connectivity index is 1.67. The zero-order chi connectivity index (χ0) is 17.3. The lowest BCUT2D eigenvalue weighted by Gasteiger charge is -2.36. The van der Waals surface area contributed by atoms with Crippen molar-refractivity contribution < 1.29 is 14.3 Å². The number of aromatic nitrogens is 2. The summed E-state index contributed by atoms with van der Waals surface area (Å²) in [6.07, 6.45) is 1.80. The van der Waals surface area contributed by atoms with E-state index in [0.29, 0.717) is 45.6 Å². The van der Waals surface area contributed by atoms with E-state index in [9.17, 15) is 9.59 Å². The molecule has 7 nitrogen and oxygen atoms in total. The molecule has 2 aliphatic rings. The van der Waals surface area contributed by atoms with Gasteiger partial charge >= 0.3 is 0 Å². The highest BCUT2D eigenvalue weighted by Crippen LogP contribution is 2.42. The zero-order valence-electron chi connectivity index (χ0n) is 14.6. The molecule has 132 valence electrons. The molecule has 2 amide bonds. The fourth-order valence-electron chi connectivity index (χ4n) is 4.09. The second kappa shape index (κ2) is 6.55. The number of likely N-dealkylation sites (tertiary alicyclic amines) is 1. The highest BCUT2D eigenvalue weighted by atomic mass is 16.5. The first kappa shape index (κ1) is 17.0. The lowest BCUT2D eigenvalue weighted by atomic mass is 9.73. The Labute approximate surface area is 142 Å². The summed E-state index contributed by atoms with van der Waals surface area (Å²) in [7, 11) is 1.67. The molecule has 0 saturated carbocycles. The maximum atomic E-state index is 12.7. The van der Waals surface area contributed by atoms with Crippen molar-refractivity contribution in [3.63, 3.8) is 0 Å². The molecule has 0 radical (unpaired) electrons. The molecule has 1 aromatic rings. The Kier molecular flexibility index (Phi) is 4.62. The Morgan fingerprint density at radius 1 is 1.46 bits per heavy atom. The zero-order valence-corrected chi connectivity index (χ0v) is 14.6. The number of nitrogens with zero attached hydrogens (tertiary/aromatic N) is 2. The summed E-state index contributed by atoms with van der Waals surface area (Å²) in [5, 5.41) is 9.91. The van der Waals surface area contributed by atoms with Crippen LogP contribution in [0.4, 0.5) is 0 Å². The van der Waals surface area contributed by atoms with Gasteiger partial charge in [-0.3, -0.25) is 14.7 Å². The monoisotopic (exact) mass is 334 g/mol. The minimum atomic E-state index is -0.482. The van der Waals surface area contributed by atoms with Crippen LogP contribution in [-0.2, 0) is 20.7 Å². The van der Waals surface area contributed by atoms with Crippen LogP contribution in [0.3, 0.4) is 0 Å². The number of rotatable bonds is 4. The van der Waals surface area contributed by atoms with Gasteiger partial charge in [-0.15, -0.1) is 0 Å². The van der Waals surface area contributed by atoms with Crippen LogP contribution in [0.2, 0.25) is 0 Å². The first-order valence-corrected chi connectivity index (χ1v) is 8.56. The molecule has 2 saturated heterocycles. The summed E-state index contributed by atoms with van der Waals surface area (Å²) in [4.78, 5) is 27.0. The number of aromatic amines is 1. The van der Waals surface area contributed by atoms with Gasteiger partial charge in [0.1, 0.15) is 0 Å². The van der Waals surface area contributed by atoms with Crippen molar-refractivity contribution in [2.24, 2.45) is 11.3 Å². The minimum Gasteiger partial charge on any atom is -0.381 e. The molecule has 0 unspecified atom stereocenters. The number of ether oxygens (including phenoxy) is 1. The highest BCUT2D eigenvalue weighted by Gasteiger charge is 2.54. The number of carbonyl (C=O) groups excluding carboxylic acids is 2. The van der Waals surface area contributed by atoms with Crippen molar-refractivity contribution in [3.05, 3.63) is 17.0 Å². The molecule has 0 aliphatic carbocycles.